The third-order valence-corrected chi connectivity index (χ3v) is 2.87. The molecule has 2 atom stereocenters. The molecule has 0 spiro atoms. The Bertz CT molecular complexity index is 465. The normalized spacial score (nSPS) is 13.4. The summed E-state index contributed by atoms with van der Waals surface area (Å²) in [7, 11) is 0. The van der Waals surface area contributed by atoms with Crippen LogP contribution >= 0.6 is 15.9 Å². The Kier molecular flexibility index (Phi) is 5.78. The number of nitrogens with one attached hydrogen (secondary N) is 2. The molecule has 104 valence electrons. The summed E-state index contributed by atoms with van der Waals surface area (Å²) in [6.45, 7) is 1.56. The van der Waals surface area contributed by atoms with Crippen LogP contribution in [-0.2, 0) is 11.3 Å². The van der Waals surface area contributed by atoms with Crippen molar-refractivity contribution in [2.24, 2.45) is 0 Å². The van der Waals surface area contributed by atoms with Crippen molar-refractivity contribution in [3.05, 3.63) is 34.3 Å². The zero-order valence-electron chi connectivity index (χ0n) is 10.3. The molecular formula is C12H15BrN2O4. The number of halogens is 1. The van der Waals surface area contributed by atoms with Crippen molar-refractivity contribution in [2.45, 2.75) is 25.6 Å². The van der Waals surface area contributed by atoms with Crippen molar-refractivity contribution in [3.63, 3.8) is 0 Å². The average molecular weight is 331 g/mol. The molecular weight excluding hydrogens is 316 g/mol. The molecule has 1 aromatic rings. The van der Waals surface area contributed by atoms with Gasteiger partial charge in [-0.15, -0.1) is 0 Å². The van der Waals surface area contributed by atoms with E-state index in [2.05, 4.69) is 26.6 Å². The van der Waals surface area contributed by atoms with E-state index < -0.39 is 24.1 Å². The first-order valence-electron chi connectivity index (χ1n) is 5.60. The van der Waals surface area contributed by atoms with Gasteiger partial charge in [-0.3, -0.25) is 0 Å². The molecule has 0 radical (unpaired) electrons. The van der Waals surface area contributed by atoms with Crippen molar-refractivity contribution in [2.75, 3.05) is 0 Å². The third kappa shape index (κ3) is 5.27. The Morgan fingerprint density at radius 1 is 1.42 bits per heavy atom. The summed E-state index contributed by atoms with van der Waals surface area (Å²) in [5.41, 5.74) is 0.869. The van der Waals surface area contributed by atoms with E-state index in [0.29, 0.717) is 0 Å². The molecule has 2 amide bonds. The van der Waals surface area contributed by atoms with Gasteiger partial charge in [0, 0.05) is 11.0 Å². The number of aliphatic carboxylic acids is 1. The molecule has 0 saturated heterocycles. The lowest BCUT2D eigenvalue weighted by Gasteiger charge is -2.17. The van der Waals surface area contributed by atoms with Crippen molar-refractivity contribution in [3.8, 4) is 0 Å². The highest BCUT2D eigenvalue weighted by atomic mass is 79.9. The number of aliphatic hydroxyl groups is 1. The van der Waals surface area contributed by atoms with Gasteiger partial charge in [0.25, 0.3) is 0 Å². The molecule has 7 heteroatoms. The Balaban J connectivity index is 2.49. The van der Waals surface area contributed by atoms with E-state index in [0.717, 1.165) is 10.0 Å². The van der Waals surface area contributed by atoms with Gasteiger partial charge in [-0.05, 0) is 24.6 Å². The highest BCUT2D eigenvalue weighted by Gasteiger charge is 2.24. The number of hydrogen-bond donors (Lipinski definition) is 4. The molecule has 0 aliphatic heterocycles. The fourth-order valence-electron chi connectivity index (χ4n) is 1.41. The lowest BCUT2D eigenvalue weighted by Crippen LogP contribution is -2.50. The number of carbonyl (C=O) groups excluding carboxylic acids is 1. The molecule has 0 heterocycles. The summed E-state index contributed by atoms with van der Waals surface area (Å²) in [6, 6.07) is 5.38. The Morgan fingerprint density at radius 3 is 2.63 bits per heavy atom. The number of amides is 2. The molecule has 0 bridgehead atoms. The highest BCUT2D eigenvalue weighted by Crippen LogP contribution is 2.11. The molecule has 1 aromatic carbocycles. The minimum atomic E-state index is -1.33. The number of carbonyl (C=O) groups is 2. The largest absolute Gasteiger partial charge is 0.480 e. The maximum Gasteiger partial charge on any atom is 0.328 e. The van der Waals surface area contributed by atoms with Gasteiger partial charge in [0.2, 0.25) is 0 Å². The van der Waals surface area contributed by atoms with Crippen LogP contribution in [0.25, 0.3) is 0 Å². The van der Waals surface area contributed by atoms with E-state index in [1.54, 1.807) is 0 Å². The zero-order chi connectivity index (χ0) is 14.4. The van der Waals surface area contributed by atoms with E-state index in [1.165, 1.54) is 6.92 Å². The van der Waals surface area contributed by atoms with E-state index in [1.807, 2.05) is 24.3 Å². The van der Waals surface area contributed by atoms with Gasteiger partial charge in [-0.2, -0.15) is 0 Å². The first kappa shape index (κ1) is 15.5. The van der Waals surface area contributed by atoms with Crippen molar-refractivity contribution >= 4 is 27.9 Å². The maximum absolute atomic E-state index is 11.5. The van der Waals surface area contributed by atoms with Crippen LogP contribution < -0.4 is 10.6 Å². The number of benzene rings is 1. The van der Waals surface area contributed by atoms with Gasteiger partial charge in [0.05, 0.1) is 6.10 Å². The molecule has 19 heavy (non-hydrogen) atoms. The summed E-state index contributed by atoms with van der Waals surface area (Å²) < 4.78 is 0.889. The van der Waals surface area contributed by atoms with Crippen LogP contribution in [-0.4, -0.2) is 34.4 Å². The summed E-state index contributed by atoms with van der Waals surface area (Å²) >= 11 is 3.31. The van der Waals surface area contributed by atoms with Gasteiger partial charge in [-0.25, -0.2) is 9.59 Å². The summed E-state index contributed by atoms with van der Waals surface area (Å²) in [5, 5.41) is 22.7. The monoisotopic (exact) mass is 330 g/mol. The van der Waals surface area contributed by atoms with Crippen LogP contribution in [0.15, 0.2) is 28.7 Å². The van der Waals surface area contributed by atoms with Crippen LogP contribution in [0.5, 0.6) is 0 Å². The van der Waals surface area contributed by atoms with Crippen LogP contribution in [0.1, 0.15) is 12.5 Å². The standard InChI is InChI=1S/C12H15BrN2O4/c1-7(16)10(11(17)18)15-12(19)14-6-8-3-2-4-9(13)5-8/h2-5,7,10,16H,6H2,1H3,(H,17,18)(H2,14,15,19). The quantitative estimate of drug-likeness (QED) is 0.649. The summed E-state index contributed by atoms with van der Waals surface area (Å²) in [5.74, 6) is -1.28. The predicted molar refractivity (Wildman–Crippen MR) is 72.6 cm³/mol. The minimum absolute atomic E-state index is 0.261. The first-order chi connectivity index (χ1) is 8.90. The van der Waals surface area contributed by atoms with E-state index >= 15 is 0 Å². The van der Waals surface area contributed by atoms with E-state index in [9.17, 15) is 14.7 Å². The number of urea groups is 1. The molecule has 0 aromatic heterocycles. The van der Waals surface area contributed by atoms with Crippen LogP contribution in [0.4, 0.5) is 4.79 Å². The van der Waals surface area contributed by atoms with E-state index in [-0.39, 0.29) is 6.54 Å². The predicted octanol–water partition coefficient (Wildman–Crippen LogP) is 1.08. The Hall–Kier alpha value is -1.60. The summed E-state index contributed by atoms with van der Waals surface area (Å²) in [6.07, 6.45) is -1.17. The van der Waals surface area contributed by atoms with Crippen LogP contribution in [0.2, 0.25) is 0 Å². The minimum Gasteiger partial charge on any atom is -0.480 e. The Morgan fingerprint density at radius 2 is 2.11 bits per heavy atom. The fraction of sp³-hybridized carbons (Fsp3) is 0.333. The second-order valence-electron chi connectivity index (χ2n) is 4.01. The summed E-state index contributed by atoms with van der Waals surface area (Å²) in [4.78, 5) is 22.3. The molecule has 2 unspecified atom stereocenters. The first-order valence-corrected chi connectivity index (χ1v) is 6.39. The van der Waals surface area contributed by atoms with Gasteiger partial charge in [-0.1, -0.05) is 28.1 Å². The van der Waals surface area contributed by atoms with Crippen molar-refractivity contribution < 1.29 is 19.8 Å². The van der Waals surface area contributed by atoms with Crippen LogP contribution in [0.3, 0.4) is 0 Å². The molecule has 0 saturated carbocycles. The smallest absolute Gasteiger partial charge is 0.328 e. The number of carboxylic acid groups (broad SMARTS) is 1. The lowest BCUT2D eigenvalue weighted by molar-refractivity contribution is -0.141. The molecule has 6 nitrogen and oxygen atoms in total. The fourth-order valence-corrected chi connectivity index (χ4v) is 1.86. The van der Waals surface area contributed by atoms with Crippen LogP contribution in [0, 0.1) is 0 Å². The number of rotatable bonds is 5. The molecule has 1 rings (SSSR count). The number of hydrogen-bond acceptors (Lipinski definition) is 3. The van der Waals surface area contributed by atoms with E-state index in [4.69, 9.17) is 5.11 Å². The second kappa shape index (κ2) is 7.10. The van der Waals surface area contributed by atoms with Gasteiger partial charge in [0.1, 0.15) is 0 Å². The van der Waals surface area contributed by atoms with Gasteiger partial charge in [0.15, 0.2) is 6.04 Å². The van der Waals surface area contributed by atoms with Gasteiger partial charge < -0.3 is 20.8 Å². The van der Waals surface area contributed by atoms with Gasteiger partial charge >= 0.3 is 12.0 Å². The molecule has 0 aliphatic rings. The number of carboxylic acids is 1. The average Bonchev–Trinajstić information content (AvgIpc) is 2.32. The Labute approximate surface area is 118 Å². The lowest BCUT2D eigenvalue weighted by atomic mass is 10.2. The highest BCUT2D eigenvalue weighted by molar-refractivity contribution is 9.10. The SMILES string of the molecule is CC(O)C(NC(=O)NCc1cccc(Br)c1)C(=O)O. The van der Waals surface area contributed by atoms with Crippen molar-refractivity contribution in [1.82, 2.24) is 10.6 Å². The molecule has 0 fully saturated rings. The third-order valence-electron chi connectivity index (χ3n) is 2.38. The number of aliphatic hydroxyl groups excluding tert-OH is 1. The second-order valence-corrected chi connectivity index (χ2v) is 4.93. The zero-order valence-corrected chi connectivity index (χ0v) is 11.8. The van der Waals surface area contributed by atoms with Crippen molar-refractivity contribution in [1.29, 1.82) is 0 Å². The maximum atomic E-state index is 11.5. The molecule has 0 aliphatic carbocycles. The topological polar surface area (TPSA) is 98.7 Å². The molecule has 4 N–H and O–H groups in total.